The summed E-state index contributed by atoms with van der Waals surface area (Å²) in [6.45, 7) is 10.5. The summed E-state index contributed by atoms with van der Waals surface area (Å²) in [6.07, 6.45) is 4.30. The molecule has 2 N–H and O–H groups in total. The van der Waals surface area contributed by atoms with E-state index in [1.54, 1.807) is 0 Å². The molecule has 0 aliphatic rings. The lowest BCUT2D eigenvalue weighted by Gasteiger charge is -2.24. The van der Waals surface area contributed by atoms with Gasteiger partial charge in [0, 0.05) is 26.3 Å². The smallest absolute Gasteiger partial charge is 0.0590 e. The zero-order chi connectivity index (χ0) is 12.3. The summed E-state index contributed by atoms with van der Waals surface area (Å²) >= 11 is 0. The summed E-state index contributed by atoms with van der Waals surface area (Å²) in [5, 5.41) is 12.2. The molecule has 0 amide bonds. The fourth-order valence-corrected chi connectivity index (χ4v) is 1.57. The van der Waals surface area contributed by atoms with Crippen LogP contribution in [0.4, 0.5) is 0 Å². The van der Waals surface area contributed by atoms with E-state index in [1.165, 1.54) is 6.42 Å². The molecule has 3 nitrogen and oxygen atoms in total. The molecule has 0 aromatic heterocycles. The van der Waals surface area contributed by atoms with E-state index in [0.717, 1.165) is 45.6 Å². The van der Waals surface area contributed by atoms with Crippen LogP contribution < -0.4 is 5.32 Å². The van der Waals surface area contributed by atoms with Crippen molar-refractivity contribution in [1.82, 2.24) is 5.32 Å². The summed E-state index contributed by atoms with van der Waals surface area (Å²) < 4.78 is 5.47. The number of hydrogen-bond acceptors (Lipinski definition) is 3. The first kappa shape index (κ1) is 15.9. The Balaban J connectivity index is 3.29. The van der Waals surface area contributed by atoms with Crippen molar-refractivity contribution in [3.05, 3.63) is 0 Å². The third-order valence-electron chi connectivity index (χ3n) is 2.68. The van der Waals surface area contributed by atoms with Crippen LogP contribution in [0, 0.1) is 5.41 Å². The van der Waals surface area contributed by atoms with Gasteiger partial charge in [-0.05, 0) is 24.7 Å². The predicted molar refractivity (Wildman–Crippen MR) is 68.7 cm³/mol. The van der Waals surface area contributed by atoms with Crippen LogP contribution in [0.1, 0.15) is 46.5 Å². The van der Waals surface area contributed by atoms with E-state index >= 15 is 0 Å². The second-order valence-electron chi connectivity index (χ2n) is 5.13. The van der Waals surface area contributed by atoms with Gasteiger partial charge in [-0.1, -0.05) is 27.2 Å². The Morgan fingerprint density at radius 2 is 1.94 bits per heavy atom. The zero-order valence-electron chi connectivity index (χ0n) is 11.2. The maximum absolute atomic E-state index is 8.78. The molecule has 0 saturated heterocycles. The van der Waals surface area contributed by atoms with Crippen LogP contribution in [0.5, 0.6) is 0 Å². The second kappa shape index (κ2) is 10.1. The molecule has 0 aromatic rings. The molecule has 0 unspecified atom stereocenters. The normalized spacial score (nSPS) is 12.0. The molecule has 0 aromatic carbocycles. The topological polar surface area (TPSA) is 41.5 Å². The maximum atomic E-state index is 8.78. The molecule has 0 aliphatic heterocycles. The number of rotatable bonds is 11. The molecule has 3 heteroatoms. The molecule has 0 heterocycles. The van der Waals surface area contributed by atoms with Crippen LogP contribution >= 0.6 is 0 Å². The first-order chi connectivity index (χ1) is 7.62. The highest BCUT2D eigenvalue weighted by molar-refractivity contribution is 4.71. The summed E-state index contributed by atoms with van der Waals surface area (Å²) in [7, 11) is 0. The number of ether oxygens (including phenoxy) is 1. The zero-order valence-corrected chi connectivity index (χ0v) is 11.2. The van der Waals surface area contributed by atoms with Gasteiger partial charge in [-0.2, -0.15) is 0 Å². The Bertz CT molecular complexity index is 149. The minimum Gasteiger partial charge on any atom is -0.396 e. The van der Waals surface area contributed by atoms with Gasteiger partial charge in [-0.25, -0.2) is 0 Å². The van der Waals surface area contributed by atoms with E-state index in [2.05, 4.69) is 26.1 Å². The largest absolute Gasteiger partial charge is 0.396 e. The van der Waals surface area contributed by atoms with Crippen LogP contribution in [-0.2, 0) is 4.74 Å². The quantitative estimate of drug-likeness (QED) is 0.536. The van der Waals surface area contributed by atoms with E-state index in [1.807, 2.05) is 0 Å². The van der Waals surface area contributed by atoms with Crippen molar-refractivity contribution < 1.29 is 9.84 Å². The van der Waals surface area contributed by atoms with E-state index < -0.39 is 0 Å². The van der Waals surface area contributed by atoms with E-state index in [9.17, 15) is 0 Å². The Morgan fingerprint density at radius 1 is 1.19 bits per heavy atom. The Morgan fingerprint density at radius 3 is 2.56 bits per heavy atom. The van der Waals surface area contributed by atoms with E-state index in [-0.39, 0.29) is 5.41 Å². The van der Waals surface area contributed by atoms with E-state index in [0.29, 0.717) is 6.61 Å². The number of aliphatic hydroxyl groups excluding tert-OH is 1. The summed E-state index contributed by atoms with van der Waals surface area (Å²) in [5.41, 5.74) is 0.270. The number of unbranched alkanes of at least 4 members (excludes halogenated alkanes) is 1. The van der Waals surface area contributed by atoms with Gasteiger partial charge >= 0.3 is 0 Å². The van der Waals surface area contributed by atoms with Crippen molar-refractivity contribution >= 4 is 0 Å². The van der Waals surface area contributed by atoms with Crippen molar-refractivity contribution in [1.29, 1.82) is 0 Å². The summed E-state index contributed by atoms with van der Waals surface area (Å²) in [4.78, 5) is 0. The van der Waals surface area contributed by atoms with Gasteiger partial charge in [-0.3, -0.25) is 0 Å². The fourth-order valence-electron chi connectivity index (χ4n) is 1.57. The molecule has 0 saturated carbocycles. The minimum absolute atomic E-state index is 0.270. The van der Waals surface area contributed by atoms with Gasteiger partial charge in [0.2, 0.25) is 0 Å². The standard InChI is InChI=1S/C13H29NO2/c1-4-5-10-16-11-8-14-12-13(2,3)7-6-9-15/h14-15H,4-12H2,1-3H3. The first-order valence-electron chi connectivity index (χ1n) is 6.51. The lowest BCUT2D eigenvalue weighted by atomic mass is 9.88. The molecule has 0 rings (SSSR count). The lowest BCUT2D eigenvalue weighted by Crippen LogP contribution is -2.31. The maximum Gasteiger partial charge on any atom is 0.0590 e. The lowest BCUT2D eigenvalue weighted by molar-refractivity contribution is 0.130. The van der Waals surface area contributed by atoms with Crippen molar-refractivity contribution in [3.8, 4) is 0 Å². The number of aliphatic hydroxyl groups is 1. The van der Waals surface area contributed by atoms with Crippen molar-refractivity contribution in [2.75, 3.05) is 32.9 Å². The van der Waals surface area contributed by atoms with Gasteiger partial charge in [0.15, 0.2) is 0 Å². The molecule has 0 atom stereocenters. The third kappa shape index (κ3) is 10.4. The average Bonchev–Trinajstić information content (AvgIpc) is 2.25. The summed E-state index contributed by atoms with van der Waals surface area (Å²) in [5.74, 6) is 0. The number of hydrogen-bond donors (Lipinski definition) is 2. The van der Waals surface area contributed by atoms with Crippen LogP contribution in [0.15, 0.2) is 0 Å². The highest BCUT2D eigenvalue weighted by Gasteiger charge is 2.16. The number of nitrogens with one attached hydrogen (secondary N) is 1. The predicted octanol–water partition coefficient (Wildman–Crippen LogP) is 2.19. The monoisotopic (exact) mass is 231 g/mol. The van der Waals surface area contributed by atoms with Crippen molar-refractivity contribution in [2.24, 2.45) is 5.41 Å². The molecule has 0 spiro atoms. The Labute approximate surface area is 101 Å². The molecule has 0 aliphatic carbocycles. The molecular weight excluding hydrogens is 202 g/mol. The van der Waals surface area contributed by atoms with Crippen LogP contribution in [0.25, 0.3) is 0 Å². The molecule has 0 fully saturated rings. The first-order valence-corrected chi connectivity index (χ1v) is 6.51. The molecule has 98 valence electrons. The highest BCUT2D eigenvalue weighted by Crippen LogP contribution is 2.20. The Kier molecular flexibility index (Phi) is 9.99. The minimum atomic E-state index is 0.270. The summed E-state index contributed by atoms with van der Waals surface area (Å²) in [6, 6.07) is 0. The fraction of sp³-hybridized carbons (Fsp3) is 1.00. The van der Waals surface area contributed by atoms with Crippen LogP contribution in [-0.4, -0.2) is 38.0 Å². The van der Waals surface area contributed by atoms with Gasteiger partial charge in [0.25, 0.3) is 0 Å². The van der Waals surface area contributed by atoms with Crippen LogP contribution in [0.3, 0.4) is 0 Å². The SMILES string of the molecule is CCCCOCCNCC(C)(C)CCCO. The van der Waals surface area contributed by atoms with Crippen molar-refractivity contribution in [3.63, 3.8) is 0 Å². The van der Waals surface area contributed by atoms with Crippen LogP contribution in [0.2, 0.25) is 0 Å². The van der Waals surface area contributed by atoms with Gasteiger partial charge in [0.1, 0.15) is 0 Å². The van der Waals surface area contributed by atoms with Gasteiger partial charge < -0.3 is 15.2 Å². The Hall–Kier alpha value is -0.120. The highest BCUT2D eigenvalue weighted by atomic mass is 16.5. The molecule has 0 bridgehead atoms. The van der Waals surface area contributed by atoms with Gasteiger partial charge in [0.05, 0.1) is 6.61 Å². The molecule has 0 radical (unpaired) electrons. The van der Waals surface area contributed by atoms with Gasteiger partial charge in [-0.15, -0.1) is 0 Å². The van der Waals surface area contributed by atoms with Crippen molar-refractivity contribution in [2.45, 2.75) is 46.5 Å². The third-order valence-corrected chi connectivity index (χ3v) is 2.68. The molecule has 16 heavy (non-hydrogen) atoms. The second-order valence-corrected chi connectivity index (χ2v) is 5.13. The van der Waals surface area contributed by atoms with E-state index in [4.69, 9.17) is 9.84 Å². The molecular formula is C13H29NO2. The average molecular weight is 231 g/mol.